The van der Waals surface area contributed by atoms with E-state index in [2.05, 4.69) is 13.8 Å². The first-order chi connectivity index (χ1) is 9.09. The highest BCUT2D eigenvalue weighted by atomic mass is 16.5. The van der Waals surface area contributed by atoms with Crippen molar-refractivity contribution in [1.29, 1.82) is 0 Å². The van der Waals surface area contributed by atoms with E-state index in [1.165, 1.54) is 0 Å². The minimum Gasteiger partial charge on any atom is -0.464 e. The highest BCUT2D eigenvalue weighted by Crippen LogP contribution is 2.65. The van der Waals surface area contributed by atoms with Gasteiger partial charge in [0.2, 0.25) is 5.91 Å². The molecule has 1 heterocycles. The maximum atomic E-state index is 12.5. The number of hydrogen-bond acceptors (Lipinski definition) is 3. The second-order valence-corrected chi connectivity index (χ2v) is 7.93. The molecule has 0 aromatic heterocycles. The van der Waals surface area contributed by atoms with Gasteiger partial charge in [-0.25, -0.2) is 4.79 Å². The quantitative estimate of drug-likeness (QED) is 0.747. The van der Waals surface area contributed by atoms with Crippen LogP contribution in [-0.4, -0.2) is 36.0 Å². The number of fused-ring (bicyclic) bond motifs is 1. The van der Waals surface area contributed by atoms with Crippen LogP contribution >= 0.6 is 0 Å². The van der Waals surface area contributed by atoms with Gasteiger partial charge < -0.3 is 9.64 Å². The van der Waals surface area contributed by atoms with Crippen molar-refractivity contribution in [3.8, 4) is 0 Å². The maximum absolute atomic E-state index is 12.5. The molecule has 0 N–H and O–H groups in total. The molecule has 20 heavy (non-hydrogen) atoms. The highest BCUT2D eigenvalue weighted by Gasteiger charge is 2.69. The summed E-state index contributed by atoms with van der Waals surface area (Å²) < 4.78 is 5.19. The van der Waals surface area contributed by atoms with Crippen molar-refractivity contribution in [1.82, 2.24) is 4.90 Å². The molecule has 0 aromatic carbocycles. The molecule has 2 fully saturated rings. The Morgan fingerprint density at radius 1 is 1.30 bits per heavy atom. The van der Waals surface area contributed by atoms with Gasteiger partial charge in [-0.2, -0.15) is 0 Å². The highest BCUT2D eigenvalue weighted by molar-refractivity contribution is 5.87. The number of likely N-dealkylation sites (tertiary alicyclic amines) is 1. The number of carbonyl (C=O) groups excluding carboxylic acids is 2. The van der Waals surface area contributed by atoms with Crippen LogP contribution < -0.4 is 0 Å². The van der Waals surface area contributed by atoms with Crippen LogP contribution in [0.2, 0.25) is 0 Å². The lowest BCUT2D eigenvalue weighted by atomic mass is 9.91. The molecule has 0 bridgehead atoms. The molecule has 0 aromatic rings. The Kier molecular flexibility index (Phi) is 3.64. The standard InChI is InChI=1S/C16H27NO3/c1-7-20-14(19)13-12-10(16(12,5)6)9-17(13)11(18)8-15(2,3)4/h10,12-13H,7-9H2,1-6H3/t10?,12?,13-/m0/s1. The first kappa shape index (κ1) is 15.3. The summed E-state index contributed by atoms with van der Waals surface area (Å²) in [7, 11) is 0. The van der Waals surface area contributed by atoms with Crippen molar-refractivity contribution < 1.29 is 14.3 Å². The number of ether oxygens (including phenoxy) is 1. The van der Waals surface area contributed by atoms with E-state index in [9.17, 15) is 9.59 Å². The normalized spacial score (nSPS) is 30.9. The number of hydrogen-bond donors (Lipinski definition) is 0. The monoisotopic (exact) mass is 281 g/mol. The molecule has 2 aliphatic rings. The molecule has 1 amide bonds. The van der Waals surface area contributed by atoms with Crippen molar-refractivity contribution in [3.05, 3.63) is 0 Å². The molecule has 1 aliphatic heterocycles. The third-order valence-electron chi connectivity index (χ3n) is 4.74. The molecule has 1 aliphatic carbocycles. The summed E-state index contributed by atoms with van der Waals surface area (Å²) in [5.74, 6) is 0.567. The average Bonchev–Trinajstić information content (AvgIpc) is 2.69. The smallest absolute Gasteiger partial charge is 0.329 e. The van der Waals surface area contributed by atoms with Gasteiger partial charge in [-0.3, -0.25) is 4.79 Å². The van der Waals surface area contributed by atoms with Gasteiger partial charge in [0.25, 0.3) is 0 Å². The molecule has 1 saturated heterocycles. The maximum Gasteiger partial charge on any atom is 0.329 e. The first-order valence-corrected chi connectivity index (χ1v) is 7.55. The predicted octanol–water partition coefficient (Wildman–Crippen LogP) is 2.47. The molecule has 2 rings (SSSR count). The van der Waals surface area contributed by atoms with Crippen molar-refractivity contribution in [2.75, 3.05) is 13.2 Å². The van der Waals surface area contributed by atoms with Crippen LogP contribution in [0.5, 0.6) is 0 Å². The zero-order valence-electron chi connectivity index (χ0n) is 13.5. The van der Waals surface area contributed by atoms with Crippen molar-refractivity contribution in [3.63, 3.8) is 0 Å². The lowest BCUT2D eigenvalue weighted by molar-refractivity contribution is -0.155. The molecule has 2 unspecified atom stereocenters. The minimum absolute atomic E-state index is 0.0570. The lowest BCUT2D eigenvalue weighted by Crippen LogP contribution is -2.47. The third kappa shape index (κ3) is 2.57. The fraction of sp³-hybridized carbons (Fsp3) is 0.875. The Bertz CT molecular complexity index is 422. The van der Waals surface area contributed by atoms with Gasteiger partial charge in [0.15, 0.2) is 0 Å². The Morgan fingerprint density at radius 2 is 1.90 bits per heavy atom. The summed E-state index contributed by atoms with van der Waals surface area (Å²) in [4.78, 5) is 26.5. The van der Waals surface area contributed by atoms with Crippen LogP contribution in [0.1, 0.15) is 48.0 Å². The topological polar surface area (TPSA) is 46.6 Å². The average molecular weight is 281 g/mol. The van der Waals surface area contributed by atoms with Gasteiger partial charge in [-0.05, 0) is 23.7 Å². The number of carbonyl (C=O) groups is 2. The van der Waals surface area contributed by atoms with E-state index >= 15 is 0 Å². The molecular formula is C16H27NO3. The van der Waals surface area contributed by atoms with Crippen LogP contribution in [0.4, 0.5) is 0 Å². The van der Waals surface area contributed by atoms with Gasteiger partial charge in [-0.1, -0.05) is 34.6 Å². The summed E-state index contributed by atoms with van der Waals surface area (Å²) in [5, 5.41) is 0. The van der Waals surface area contributed by atoms with E-state index in [1.54, 1.807) is 4.90 Å². The number of nitrogens with zero attached hydrogens (tertiary/aromatic N) is 1. The second kappa shape index (κ2) is 4.74. The van der Waals surface area contributed by atoms with Crippen LogP contribution in [0, 0.1) is 22.7 Å². The van der Waals surface area contributed by atoms with E-state index in [0.29, 0.717) is 25.5 Å². The SMILES string of the molecule is CCOC(=O)[C@@H]1C2C(CN1C(=O)CC(C)(C)C)C2(C)C. The van der Waals surface area contributed by atoms with E-state index < -0.39 is 0 Å². The zero-order chi connectivity index (χ0) is 15.3. The van der Waals surface area contributed by atoms with Crippen LogP contribution in [-0.2, 0) is 14.3 Å². The molecular weight excluding hydrogens is 254 g/mol. The largest absolute Gasteiger partial charge is 0.464 e. The minimum atomic E-state index is -0.371. The molecule has 0 radical (unpaired) electrons. The van der Waals surface area contributed by atoms with Gasteiger partial charge >= 0.3 is 5.97 Å². The summed E-state index contributed by atoms with van der Waals surface area (Å²) in [6, 6.07) is -0.371. The van der Waals surface area contributed by atoms with Crippen molar-refractivity contribution in [2.45, 2.75) is 54.0 Å². The van der Waals surface area contributed by atoms with Crippen LogP contribution in [0.15, 0.2) is 0 Å². The van der Waals surface area contributed by atoms with E-state index in [0.717, 1.165) is 0 Å². The Balaban J connectivity index is 2.13. The van der Waals surface area contributed by atoms with Crippen molar-refractivity contribution in [2.24, 2.45) is 22.7 Å². The molecule has 3 atom stereocenters. The van der Waals surface area contributed by atoms with Gasteiger partial charge in [0, 0.05) is 18.9 Å². The second-order valence-electron chi connectivity index (χ2n) is 7.93. The van der Waals surface area contributed by atoms with E-state index in [-0.39, 0.29) is 34.7 Å². The lowest BCUT2D eigenvalue weighted by Gasteiger charge is -2.31. The van der Waals surface area contributed by atoms with Gasteiger partial charge in [0.05, 0.1) is 6.61 Å². The van der Waals surface area contributed by atoms with Gasteiger partial charge in [-0.15, -0.1) is 0 Å². The number of rotatable bonds is 3. The summed E-state index contributed by atoms with van der Waals surface area (Å²) in [6.07, 6.45) is 0.475. The summed E-state index contributed by atoms with van der Waals surface area (Å²) >= 11 is 0. The van der Waals surface area contributed by atoms with Crippen LogP contribution in [0.3, 0.4) is 0 Å². The van der Waals surface area contributed by atoms with Gasteiger partial charge in [0.1, 0.15) is 6.04 Å². The summed E-state index contributed by atoms with van der Waals surface area (Å²) in [5.41, 5.74) is 0.106. The fourth-order valence-corrected chi connectivity index (χ4v) is 3.60. The molecule has 0 spiro atoms. The molecule has 1 saturated carbocycles. The Morgan fingerprint density at radius 3 is 2.40 bits per heavy atom. The number of esters is 1. The first-order valence-electron chi connectivity index (χ1n) is 7.55. The Hall–Kier alpha value is -1.06. The van der Waals surface area contributed by atoms with Crippen LogP contribution in [0.25, 0.3) is 0 Å². The molecule has 4 heteroatoms. The summed E-state index contributed by atoms with van der Waals surface area (Å²) in [6.45, 7) is 13.4. The van der Waals surface area contributed by atoms with Crippen molar-refractivity contribution >= 4 is 11.9 Å². The Labute approximate surface area is 121 Å². The number of piperidine rings is 1. The zero-order valence-corrected chi connectivity index (χ0v) is 13.5. The molecule has 4 nitrogen and oxygen atoms in total. The van der Waals surface area contributed by atoms with E-state index in [1.807, 2.05) is 27.7 Å². The fourth-order valence-electron chi connectivity index (χ4n) is 3.60. The molecule has 114 valence electrons. The number of amides is 1. The third-order valence-corrected chi connectivity index (χ3v) is 4.74. The predicted molar refractivity (Wildman–Crippen MR) is 77.0 cm³/mol. The van der Waals surface area contributed by atoms with E-state index in [4.69, 9.17) is 4.74 Å².